The van der Waals surface area contributed by atoms with Gasteiger partial charge in [-0.3, -0.25) is 0 Å². The second kappa shape index (κ2) is 5.82. The standard InChI is InChI=1S/C15H15F3N2O4/c1-14(2,23)11-10(13(21)22)12(20(3)19-11)24-9-6-4-5-8(7-9)15(16,17)18/h4-7,23H,1-3H3,(H,21,22). The minimum atomic E-state index is -4.56. The van der Waals surface area contributed by atoms with Crippen LogP contribution in [0.2, 0.25) is 0 Å². The van der Waals surface area contributed by atoms with Gasteiger partial charge in [0, 0.05) is 7.05 Å². The molecule has 0 unspecified atom stereocenters. The Labute approximate surface area is 135 Å². The van der Waals surface area contributed by atoms with Crippen molar-refractivity contribution in [2.24, 2.45) is 7.05 Å². The van der Waals surface area contributed by atoms with E-state index in [1.807, 2.05) is 0 Å². The highest BCUT2D eigenvalue weighted by atomic mass is 19.4. The maximum Gasteiger partial charge on any atom is 0.416 e. The third-order valence-electron chi connectivity index (χ3n) is 3.16. The molecule has 0 spiro atoms. The molecular weight excluding hydrogens is 329 g/mol. The fourth-order valence-electron chi connectivity index (χ4n) is 2.09. The lowest BCUT2D eigenvalue weighted by molar-refractivity contribution is -0.137. The Morgan fingerprint density at radius 1 is 1.29 bits per heavy atom. The molecule has 2 N–H and O–H groups in total. The Kier molecular flexibility index (Phi) is 4.32. The van der Waals surface area contributed by atoms with E-state index in [4.69, 9.17) is 4.74 Å². The van der Waals surface area contributed by atoms with E-state index in [-0.39, 0.29) is 17.3 Å². The van der Waals surface area contributed by atoms with Crippen molar-refractivity contribution in [3.8, 4) is 11.6 Å². The highest BCUT2D eigenvalue weighted by Crippen LogP contribution is 2.35. The molecule has 130 valence electrons. The monoisotopic (exact) mass is 344 g/mol. The van der Waals surface area contributed by atoms with Crippen LogP contribution in [0.3, 0.4) is 0 Å². The summed E-state index contributed by atoms with van der Waals surface area (Å²) >= 11 is 0. The number of aryl methyl sites for hydroxylation is 1. The van der Waals surface area contributed by atoms with Crippen molar-refractivity contribution >= 4 is 5.97 Å². The van der Waals surface area contributed by atoms with E-state index in [0.717, 1.165) is 22.9 Å². The van der Waals surface area contributed by atoms with Crippen molar-refractivity contribution in [2.45, 2.75) is 25.6 Å². The molecule has 2 aromatic rings. The first kappa shape index (κ1) is 17.8. The molecule has 0 atom stereocenters. The zero-order chi connectivity index (χ0) is 18.3. The number of aromatic nitrogens is 2. The Morgan fingerprint density at radius 3 is 2.42 bits per heavy atom. The normalized spacial score (nSPS) is 12.3. The number of carbonyl (C=O) groups is 1. The van der Waals surface area contributed by atoms with Gasteiger partial charge in [0.1, 0.15) is 22.6 Å². The lowest BCUT2D eigenvalue weighted by Gasteiger charge is -2.15. The number of rotatable bonds is 4. The van der Waals surface area contributed by atoms with Gasteiger partial charge in [0.15, 0.2) is 0 Å². The summed E-state index contributed by atoms with van der Waals surface area (Å²) in [7, 11) is 1.37. The first-order valence-electron chi connectivity index (χ1n) is 6.79. The van der Waals surface area contributed by atoms with Gasteiger partial charge in [-0.15, -0.1) is 0 Å². The van der Waals surface area contributed by atoms with E-state index < -0.39 is 28.9 Å². The van der Waals surface area contributed by atoms with Crippen LogP contribution in [0.1, 0.15) is 35.5 Å². The number of aliphatic hydroxyl groups is 1. The van der Waals surface area contributed by atoms with E-state index in [1.54, 1.807) is 0 Å². The summed E-state index contributed by atoms with van der Waals surface area (Å²) in [5.74, 6) is -1.89. The first-order valence-corrected chi connectivity index (χ1v) is 6.79. The molecule has 1 aromatic carbocycles. The van der Waals surface area contributed by atoms with Crippen LogP contribution >= 0.6 is 0 Å². The van der Waals surface area contributed by atoms with E-state index >= 15 is 0 Å². The second-order valence-corrected chi connectivity index (χ2v) is 5.64. The summed E-state index contributed by atoms with van der Waals surface area (Å²) in [5.41, 5.74) is -3.07. The van der Waals surface area contributed by atoms with Crippen molar-refractivity contribution in [3.05, 3.63) is 41.1 Å². The summed E-state index contributed by atoms with van der Waals surface area (Å²) in [4.78, 5) is 11.5. The number of carboxylic acid groups (broad SMARTS) is 1. The number of nitrogens with zero attached hydrogens (tertiary/aromatic N) is 2. The van der Waals surface area contributed by atoms with Gasteiger partial charge in [0.2, 0.25) is 5.88 Å². The van der Waals surface area contributed by atoms with Crippen molar-refractivity contribution in [3.63, 3.8) is 0 Å². The van der Waals surface area contributed by atoms with Crippen LogP contribution in [0.25, 0.3) is 0 Å². The van der Waals surface area contributed by atoms with Crippen LogP contribution in [-0.2, 0) is 18.8 Å². The zero-order valence-electron chi connectivity index (χ0n) is 13.0. The van der Waals surface area contributed by atoms with Crippen molar-refractivity contribution < 1.29 is 32.9 Å². The van der Waals surface area contributed by atoms with Crippen LogP contribution in [0.15, 0.2) is 24.3 Å². The lowest BCUT2D eigenvalue weighted by atomic mass is 10.0. The van der Waals surface area contributed by atoms with Crippen molar-refractivity contribution in [2.75, 3.05) is 0 Å². The molecule has 6 nitrogen and oxygen atoms in total. The van der Waals surface area contributed by atoms with Gasteiger partial charge < -0.3 is 14.9 Å². The topological polar surface area (TPSA) is 84.6 Å². The maximum absolute atomic E-state index is 12.8. The lowest BCUT2D eigenvalue weighted by Crippen LogP contribution is -2.20. The Balaban J connectivity index is 2.51. The largest absolute Gasteiger partial charge is 0.477 e. The fraction of sp³-hybridized carbons (Fsp3) is 0.333. The summed E-state index contributed by atoms with van der Waals surface area (Å²) in [6.45, 7) is 2.69. The number of alkyl halides is 3. The molecule has 1 aromatic heterocycles. The Hall–Kier alpha value is -2.55. The molecule has 9 heteroatoms. The molecule has 2 rings (SSSR count). The highest BCUT2D eigenvalue weighted by molar-refractivity contribution is 5.92. The van der Waals surface area contributed by atoms with Crippen LogP contribution in [0.5, 0.6) is 11.6 Å². The molecule has 0 aliphatic carbocycles. The van der Waals surface area contributed by atoms with E-state index in [0.29, 0.717) is 0 Å². The van der Waals surface area contributed by atoms with Gasteiger partial charge in [0.25, 0.3) is 0 Å². The number of ether oxygens (including phenoxy) is 1. The van der Waals surface area contributed by atoms with E-state index in [9.17, 15) is 28.2 Å². The summed E-state index contributed by atoms with van der Waals surface area (Å²) in [6.07, 6.45) is -4.56. The first-order chi connectivity index (χ1) is 10.9. The number of benzene rings is 1. The zero-order valence-corrected chi connectivity index (χ0v) is 13.0. The van der Waals surface area contributed by atoms with Crippen LogP contribution in [0, 0.1) is 0 Å². The molecule has 0 amide bonds. The predicted octanol–water partition coefficient (Wildman–Crippen LogP) is 3.16. The average molecular weight is 344 g/mol. The number of hydrogen-bond acceptors (Lipinski definition) is 4. The van der Waals surface area contributed by atoms with Crippen molar-refractivity contribution in [1.82, 2.24) is 9.78 Å². The Morgan fingerprint density at radius 2 is 1.92 bits per heavy atom. The molecule has 0 aliphatic rings. The van der Waals surface area contributed by atoms with Gasteiger partial charge in [-0.25, -0.2) is 9.48 Å². The molecular formula is C15H15F3N2O4. The molecule has 0 saturated heterocycles. The summed E-state index contributed by atoms with van der Waals surface area (Å²) in [6, 6.07) is 4.03. The van der Waals surface area contributed by atoms with E-state index in [2.05, 4.69) is 5.10 Å². The van der Waals surface area contributed by atoms with Crippen molar-refractivity contribution in [1.29, 1.82) is 0 Å². The molecule has 1 heterocycles. The molecule has 0 saturated carbocycles. The molecule has 0 fully saturated rings. The van der Waals surface area contributed by atoms with E-state index in [1.165, 1.54) is 27.0 Å². The molecule has 0 aliphatic heterocycles. The molecule has 0 bridgehead atoms. The average Bonchev–Trinajstić information content (AvgIpc) is 2.76. The smallest absolute Gasteiger partial charge is 0.416 e. The SMILES string of the molecule is Cn1nc(C(C)(C)O)c(C(=O)O)c1Oc1cccc(C(F)(F)F)c1. The summed E-state index contributed by atoms with van der Waals surface area (Å²) in [5, 5.41) is 23.3. The van der Waals surface area contributed by atoms with Gasteiger partial charge in [-0.05, 0) is 32.0 Å². The summed E-state index contributed by atoms with van der Waals surface area (Å²) < 4.78 is 44.6. The van der Waals surface area contributed by atoms with Crippen LogP contribution < -0.4 is 4.74 Å². The third-order valence-corrected chi connectivity index (χ3v) is 3.16. The minimum absolute atomic E-state index is 0.153. The minimum Gasteiger partial charge on any atom is -0.477 e. The number of halogens is 3. The fourth-order valence-corrected chi connectivity index (χ4v) is 2.09. The third kappa shape index (κ3) is 3.51. The number of hydrogen-bond donors (Lipinski definition) is 2. The number of aromatic carboxylic acids is 1. The highest BCUT2D eigenvalue weighted by Gasteiger charge is 2.34. The van der Waals surface area contributed by atoms with Gasteiger partial charge >= 0.3 is 12.1 Å². The van der Waals surface area contributed by atoms with Gasteiger partial charge in [-0.1, -0.05) is 6.07 Å². The van der Waals surface area contributed by atoms with Crippen LogP contribution in [0.4, 0.5) is 13.2 Å². The molecule has 24 heavy (non-hydrogen) atoms. The van der Waals surface area contributed by atoms with Crippen LogP contribution in [-0.4, -0.2) is 26.0 Å². The quantitative estimate of drug-likeness (QED) is 0.890. The molecule has 0 radical (unpaired) electrons. The second-order valence-electron chi connectivity index (χ2n) is 5.64. The van der Waals surface area contributed by atoms with Gasteiger partial charge in [0.05, 0.1) is 5.56 Å². The predicted molar refractivity (Wildman–Crippen MR) is 76.9 cm³/mol. The number of carboxylic acids is 1. The van der Waals surface area contributed by atoms with Gasteiger partial charge in [-0.2, -0.15) is 18.3 Å². The Bertz CT molecular complexity index is 776. The maximum atomic E-state index is 12.8.